The molecule has 2 fully saturated rings. The van der Waals surface area contributed by atoms with Gasteiger partial charge in [0.2, 0.25) is 0 Å². The Bertz CT molecular complexity index is 200. The van der Waals surface area contributed by atoms with Crippen molar-refractivity contribution in [1.82, 2.24) is 10.2 Å². The average Bonchev–Trinajstić information content (AvgIpc) is 3.19. The number of ether oxygens (including phenoxy) is 1. The second-order valence-electron chi connectivity index (χ2n) is 5.55. The fourth-order valence-electron chi connectivity index (χ4n) is 2.84. The summed E-state index contributed by atoms with van der Waals surface area (Å²) in [6.07, 6.45) is 9.71. The Balaban J connectivity index is 1.57. The third-order valence-corrected chi connectivity index (χ3v) is 4.06. The van der Waals surface area contributed by atoms with Crippen LogP contribution in [0.25, 0.3) is 0 Å². The van der Waals surface area contributed by atoms with Gasteiger partial charge in [0.1, 0.15) is 0 Å². The van der Waals surface area contributed by atoms with Crippen molar-refractivity contribution >= 4 is 0 Å². The third-order valence-electron chi connectivity index (χ3n) is 4.06. The average molecular weight is 240 g/mol. The highest BCUT2D eigenvalue weighted by molar-refractivity contribution is 4.84. The molecular weight excluding hydrogens is 212 g/mol. The maximum atomic E-state index is 5.19. The van der Waals surface area contributed by atoms with Gasteiger partial charge in [0.05, 0.1) is 6.61 Å². The molecule has 1 aliphatic heterocycles. The summed E-state index contributed by atoms with van der Waals surface area (Å²) < 4.78 is 5.19. The highest BCUT2D eigenvalue weighted by Crippen LogP contribution is 2.27. The summed E-state index contributed by atoms with van der Waals surface area (Å²) in [7, 11) is 1.80. The zero-order valence-corrected chi connectivity index (χ0v) is 11.3. The zero-order chi connectivity index (χ0) is 11.9. The van der Waals surface area contributed by atoms with Gasteiger partial charge >= 0.3 is 0 Å². The first-order chi connectivity index (χ1) is 8.40. The molecule has 1 saturated heterocycles. The molecule has 0 bridgehead atoms. The van der Waals surface area contributed by atoms with Crippen molar-refractivity contribution in [2.75, 3.05) is 33.4 Å². The molecule has 100 valence electrons. The summed E-state index contributed by atoms with van der Waals surface area (Å²) in [6, 6.07) is 1.68. The van der Waals surface area contributed by atoms with E-state index in [0.717, 1.165) is 25.2 Å². The molecule has 17 heavy (non-hydrogen) atoms. The van der Waals surface area contributed by atoms with E-state index in [1.165, 1.54) is 58.0 Å². The molecule has 0 aromatic heterocycles. The van der Waals surface area contributed by atoms with Crippen LogP contribution in [-0.4, -0.2) is 50.3 Å². The number of nitrogens with one attached hydrogen (secondary N) is 1. The smallest absolute Gasteiger partial charge is 0.0589 e. The molecule has 0 spiro atoms. The number of nitrogens with zero attached hydrogens (tertiary/aromatic N) is 1. The first-order valence-electron chi connectivity index (χ1n) is 7.36. The van der Waals surface area contributed by atoms with Gasteiger partial charge in [-0.2, -0.15) is 0 Å². The van der Waals surface area contributed by atoms with Crippen LogP contribution in [0.1, 0.15) is 44.9 Å². The van der Waals surface area contributed by atoms with Gasteiger partial charge < -0.3 is 10.1 Å². The van der Waals surface area contributed by atoms with Crippen LogP contribution in [0.5, 0.6) is 0 Å². The van der Waals surface area contributed by atoms with Gasteiger partial charge in [-0.3, -0.25) is 4.90 Å². The maximum absolute atomic E-state index is 5.19. The SMILES string of the molecule is COCCN(CCCC1CCCCN1)C1CC1. The van der Waals surface area contributed by atoms with Crippen molar-refractivity contribution < 1.29 is 4.74 Å². The Kier molecular flexibility index (Phi) is 5.75. The molecule has 2 aliphatic rings. The molecule has 3 heteroatoms. The molecule has 2 rings (SSSR count). The number of hydrogen-bond donors (Lipinski definition) is 1. The molecule has 1 unspecified atom stereocenters. The van der Waals surface area contributed by atoms with Crippen molar-refractivity contribution in [1.29, 1.82) is 0 Å². The van der Waals surface area contributed by atoms with Crippen LogP contribution in [0.2, 0.25) is 0 Å². The minimum absolute atomic E-state index is 0.798. The van der Waals surface area contributed by atoms with Gasteiger partial charge in [-0.05, 0) is 51.6 Å². The van der Waals surface area contributed by atoms with Crippen LogP contribution in [0.15, 0.2) is 0 Å². The maximum Gasteiger partial charge on any atom is 0.0589 e. The van der Waals surface area contributed by atoms with E-state index >= 15 is 0 Å². The van der Waals surface area contributed by atoms with E-state index < -0.39 is 0 Å². The molecule has 0 aromatic carbocycles. The fraction of sp³-hybridized carbons (Fsp3) is 1.00. The Morgan fingerprint density at radius 1 is 1.18 bits per heavy atom. The molecule has 1 N–H and O–H groups in total. The van der Waals surface area contributed by atoms with E-state index in [9.17, 15) is 0 Å². The molecule has 1 aliphatic carbocycles. The Hall–Kier alpha value is -0.120. The molecule has 1 atom stereocenters. The Labute approximate surface area is 106 Å². The zero-order valence-electron chi connectivity index (χ0n) is 11.3. The van der Waals surface area contributed by atoms with E-state index in [1.807, 2.05) is 0 Å². The summed E-state index contributed by atoms with van der Waals surface area (Å²) in [5.41, 5.74) is 0. The minimum atomic E-state index is 0.798. The summed E-state index contributed by atoms with van der Waals surface area (Å²) >= 11 is 0. The summed E-state index contributed by atoms with van der Waals surface area (Å²) in [5, 5.41) is 3.64. The van der Waals surface area contributed by atoms with Crippen LogP contribution < -0.4 is 5.32 Å². The van der Waals surface area contributed by atoms with Gasteiger partial charge in [-0.15, -0.1) is 0 Å². The van der Waals surface area contributed by atoms with Crippen LogP contribution in [-0.2, 0) is 4.74 Å². The second-order valence-corrected chi connectivity index (χ2v) is 5.55. The third kappa shape index (κ3) is 4.94. The van der Waals surface area contributed by atoms with Crippen molar-refractivity contribution in [2.24, 2.45) is 0 Å². The lowest BCUT2D eigenvalue weighted by Crippen LogP contribution is -2.35. The minimum Gasteiger partial charge on any atom is -0.383 e. The molecule has 1 heterocycles. The monoisotopic (exact) mass is 240 g/mol. The van der Waals surface area contributed by atoms with Crippen molar-refractivity contribution in [3.8, 4) is 0 Å². The molecule has 0 radical (unpaired) electrons. The topological polar surface area (TPSA) is 24.5 Å². The van der Waals surface area contributed by atoms with Gasteiger partial charge in [0.15, 0.2) is 0 Å². The molecular formula is C14H28N2O. The summed E-state index contributed by atoms with van der Waals surface area (Å²) in [4.78, 5) is 2.63. The Morgan fingerprint density at radius 3 is 2.71 bits per heavy atom. The van der Waals surface area contributed by atoms with Gasteiger partial charge in [-0.25, -0.2) is 0 Å². The standard InChI is InChI=1S/C14H28N2O/c1-17-12-11-16(14-7-8-14)10-4-6-13-5-2-3-9-15-13/h13-15H,2-12H2,1H3. The van der Waals surface area contributed by atoms with Crippen molar-refractivity contribution in [3.63, 3.8) is 0 Å². The van der Waals surface area contributed by atoms with E-state index in [-0.39, 0.29) is 0 Å². The molecule has 0 amide bonds. The lowest BCUT2D eigenvalue weighted by atomic mass is 10.0. The van der Waals surface area contributed by atoms with Crippen LogP contribution in [0, 0.1) is 0 Å². The normalized spacial score (nSPS) is 25.4. The van der Waals surface area contributed by atoms with E-state index in [2.05, 4.69) is 10.2 Å². The van der Waals surface area contributed by atoms with Crippen LogP contribution >= 0.6 is 0 Å². The molecule has 3 nitrogen and oxygen atoms in total. The van der Waals surface area contributed by atoms with E-state index in [0.29, 0.717) is 0 Å². The predicted octanol–water partition coefficient (Wildman–Crippen LogP) is 2.02. The first kappa shape index (κ1) is 13.3. The summed E-state index contributed by atoms with van der Waals surface area (Å²) in [6.45, 7) is 4.52. The van der Waals surface area contributed by atoms with Crippen LogP contribution in [0.4, 0.5) is 0 Å². The van der Waals surface area contributed by atoms with Crippen molar-refractivity contribution in [2.45, 2.75) is 57.0 Å². The van der Waals surface area contributed by atoms with Gasteiger partial charge in [0, 0.05) is 25.7 Å². The number of methoxy groups -OCH3 is 1. The van der Waals surface area contributed by atoms with Gasteiger partial charge in [0.25, 0.3) is 0 Å². The predicted molar refractivity (Wildman–Crippen MR) is 71.3 cm³/mol. The fourth-order valence-corrected chi connectivity index (χ4v) is 2.84. The van der Waals surface area contributed by atoms with E-state index in [4.69, 9.17) is 4.74 Å². The quantitative estimate of drug-likeness (QED) is 0.702. The largest absolute Gasteiger partial charge is 0.383 e. The first-order valence-corrected chi connectivity index (χ1v) is 7.36. The van der Waals surface area contributed by atoms with Gasteiger partial charge in [-0.1, -0.05) is 6.42 Å². The highest BCUT2D eigenvalue weighted by atomic mass is 16.5. The lowest BCUT2D eigenvalue weighted by Gasteiger charge is -2.26. The van der Waals surface area contributed by atoms with E-state index in [1.54, 1.807) is 7.11 Å². The summed E-state index contributed by atoms with van der Waals surface area (Å²) in [5.74, 6) is 0. The number of rotatable bonds is 8. The van der Waals surface area contributed by atoms with Crippen molar-refractivity contribution in [3.05, 3.63) is 0 Å². The highest BCUT2D eigenvalue weighted by Gasteiger charge is 2.28. The number of hydrogen-bond acceptors (Lipinski definition) is 3. The Morgan fingerprint density at radius 2 is 2.06 bits per heavy atom. The number of piperidine rings is 1. The second kappa shape index (κ2) is 7.34. The molecule has 1 saturated carbocycles. The molecule has 0 aromatic rings. The lowest BCUT2D eigenvalue weighted by molar-refractivity contribution is 0.141. The van der Waals surface area contributed by atoms with Crippen LogP contribution in [0.3, 0.4) is 0 Å².